The number of ether oxygens (including phenoxy) is 6. The number of aliphatic hydroxyl groups is 7. The summed E-state index contributed by atoms with van der Waals surface area (Å²) in [5, 5.41) is 72.3. The smallest absolute Gasteiger partial charge is 0.310 e. The molecule has 7 N–H and O–H groups in total. The molecule has 2 saturated heterocycles. The monoisotopic (exact) mass is 1050 g/mol. The first-order valence-corrected chi connectivity index (χ1v) is 29.4. The van der Waals surface area contributed by atoms with Gasteiger partial charge in [-0.3, -0.25) is 4.79 Å². The predicted molar refractivity (Wildman–Crippen MR) is 293 cm³/mol. The Kier molecular flexibility index (Phi) is 42.8. The largest absolute Gasteiger partial charge is 0.457 e. The van der Waals surface area contributed by atoms with E-state index in [1.807, 2.05) is 12.2 Å². The lowest BCUT2D eigenvalue weighted by atomic mass is 9.98. The van der Waals surface area contributed by atoms with Crippen molar-refractivity contribution in [3.63, 3.8) is 0 Å². The van der Waals surface area contributed by atoms with E-state index in [2.05, 4.69) is 56.4 Å². The average molecular weight is 1050 g/mol. The number of esters is 1. The first-order valence-electron chi connectivity index (χ1n) is 29.4. The van der Waals surface area contributed by atoms with E-state index in [4.69, 9.17) is 28.4 Å². The molecule has 11 atom stereocenters. The summed E-state index contributed by atoms with van der Waals surface area (Å²) in [4.78, 5) is 13.0. The standard InChI is InChI=1S/C60H106O14/c1-3-5-7-9-11-13-15-17-19-20-21-22-23-24-25-26-27-28-30-32-34-36-38-40-42-44-69-46-49(72-52(62)43-41-39-37-35-33-31-29-18-16-14-12-10-8-6-4-2)47-70-59-58(68)56(66)54(64)51(74-59)48-71-60-57(67)55(65)53(63)50(45-61)73-60/h6,8,12,14,18,29,33,35,39,41,49-51,53-61,63-68H,3-5,7,9-11,13,15-17,19-28,30-32,34,36-38,40,42-48H2,1-2H3/b8-6-,14-12-,29-18-,35-33-,41-39-. The van der Waals surface area contributed by atoms with Crippen LogP contribution in [0.2, 0.25) is 0 Å². The maximum atomic E-state index is 13.0. The van der Waals surface area contributed by atoms with Crippen LogP contribution in [0, 0.1) is 0 Å². The Balaban J connectivity index is 1.70. The first-order chi connectivity index (χ1) is 36.1. The van der Waals surface area contributed by atoms with Crippen LogP contribution in [-0.4, -0.2) is 142 Å². The Bertz CT molecular complexity index is 1450. The minimum Gasteiger partial charge on any atom is -0.457 e. The van der Waals surface area contributed by atoms with Crippen LogP contribution in [0.25, 0.3) is 0 Å². The van der Waals surface area contributed by atoms with Crippen LogP contribution in [0.1, 0.15) is 213 Å². The van der Waals surface area contributed by atoms with E-state index in [9.17, 15) is 40.5 Å². The summed E-state index contributed by atoms with van der Waals surface area (Å²) in [6.45, 7) is 3.47. The zero-order chi connectivity index (χ0) is 53.7. The van der Waals surface area contributed by atoms with Gasteiger partial charge in [-0.05, 0) is 38.5 Å². The number of allylic oxidation sites excluding steroid dienone is 9. The van der Waals surface area contributed by atoms with Crippen molar-refractivity contribution in [3.05, 3.63) is 60.8 Å². The van der Waals surface area contributed by atoms with E-state index in [1.54, 1.807) is 6.08 Å². The minimum absolute atomic E-state index is 0.0222. The minimum atomic E-state index is -1.72. The molecule has 2 aliphatic heterocycles. The lowest BCUT2D eigenvalue weighted by Gasteiger charge is -2.42. The molecule has 0 aromatic rings. The molecule has 2 fully saturated rings. The van der Waals surface area contributed by atoms with Crippen LogP contribution >= 0.6 is 0 Å². The summed E-state index contributed by atoms with van der Waals surface area (Å²) in [7, 11) is 0. The molecule has 2 heterocycles. The first kappa shape index (κ1) is 67.8. The highest BCUT2D eigenvalue weighted by atomic mass is 16.7. The van der Waals surface area contributed by atoms with Crippen molar-refractivity contribution in [1.29, 1.82) is 0 Å². The van der Waals surface area contributed by atoms with Gasteiger partial charge in [-0.1, -0.05) is 229 Å². The summed E-state index contributed by atoms with van der Waals surface area (Å²) in [6.07, 6.45) is 41.9. The Morgan fingerprint density at radius 1 is 0.446 bits per heavy atom. The number of carbonyl (C=O) groups excluding carboxylic acids is 1. The summed E-state index contributed by atoms with van der Waals surface area (Å²) in [6, 6.07) is 0. The third-order valence-corrected chi connectivity index (χ3v) is 13.8. The van der Waals surface area contributed by atoms with Crippen molar-refractivity contribution in [3.8, 4) is 0 Å². The van der Waals surface area contributed by atoms with Crippen LogP contribution in [0.4, 0.5) is 0 Å². The summed E-state index contributed by atoms with van der Waals surface area (Å²) >= 11 is 0. The van der Waals surface area contributed by atoms with E-state index in [1.165, 1.54) is 141 Å². The molecule has 2 rings (SSSR count). The molecule has 74 heavy (non-hydrogen) atoms. The van der Waals surface area contributed by atoms with Crippen molar-refractivity contribution in [2.45, 2.75) is 280 Å². The zero-order valence-corrected chi connectivity index (χ0v) is 46.1. The second kappa shape index (κ2) is 46.8. The third-order valence-electron chi connectivity index (χ3n) is 13.8. The van der Waals surface area contributed by atoms with Crippen molar-refractivity contribution < 1.29 is 69.0 Å². The van der Waals surface area contributed by atoms with Gasteiger partial charge in [0.1, 0.15) is 54.9 Å². The molecule has 0 radical (unpaired) electrons. The number of hydrogen-bond acceptors (Lipinski definition) is 14. The van der Waals surface area contributed by atoms with Crippen LogP contribution in [-0.2, 0) is 33.2 Å². The van der Waals surface area contributed by atoms with E-state index < -0.39 is 86.7 Å². The normalized spacial score (nSPS) is 25.2. The van der Waals surface area contributed by atoms with E-state index in [-0.39, 0.29) is 19.6 Å². The summed E-state index contributed by atoms with van der Waals surface area (Å²) < 4.78 is 34.2. The average Bonchev–Trinajstić information content (AvgIpc) is 3.40. The SMILES string of the molecule is CC/C=C\C/C=C\C/C=C\C/C=C\C/C=C\CC(=O)OC(COCCCCCCCCCCCCCCCCCCCCCCCCCCC)COC1OC(COC2OC(CO)C(O)C(O)C2O)C(O)C(O)C1O. The highest BCUT2D eigenvalue weighted by molar-refractivity contribution is 5.71. The van der Waals surface area contributed by atoms with Crippen LogP contribution in [0.3, 0.4) is 0 Å². The molecule has 0 bridgehead atoms. The zero-order valence-electron chi connectivity index (χ0n) is 46.1. The van der Waals surface area contributed by atoms with Gasteiger partial charge in [0.05, 0.1) is 32.8 Å². The fraction of sp³-hybridized carbons (Fsp3) is 0.817. The van der Waals surface area contributed by atoms with Gasteiger partial charge in [0.15, 0.2) is 12.6 Å². The lowest BCUT2D eigenvalue weighted by Crippen LogP contribution is -2.61. The van der Waals surface area contributed by atoms with Gasteiger partial charge in [0, 0.05) is 6.61 Å². The molecular weight excluding hydrogens is 945 g/mol. The molecular formula is C60H106O14. The Morgan fingerprint density at radius 3 is 1.26 bits per heavy atom. The van der Waals surface area contributed by atoms with Crippen molar-refractivity contribution in [2.75, 3.05) is 33.0 Å². The second-order valence-corrected chi connectivity index (χ2v) is 20.5. The highest BCUT2D eigenvalue weighted by Crippen LogP contribution is 2.27. The van der Waals surface area contributed by atoms with E-state index >= 15 is 0 Å². The molecule has 14 heteroatoms. The fourth-order valence-corrected chi connectivity index (χ4v) is 9.13. The Hall–Kier alpha value is -2.31. The number of carbonyl (C=O) groups is 1. The van der Waals surface area contributed by atoms with Gasteiger partial charge < -0.3 is 64.2 Å². The van der Waals surface area contributed by atoms with Gasteiger partial charge in [-0.25, -0.2) is 0 Å². The fourth-order valence-electron chi connectivity index (χ4n) is 9.13. The molecule has 430 valence electrons. The molecule has 2 aliphatic rings. The lowest BCUT2D eigenvalue weighted by molar-refractivity contribution is -0.332. The van der Waals surface area contributed by atoms with Gasteiger partial charge in [-0.15, -0.1) is 0 Å². The maximum absolute atomic E-state index is 13.0. The molecule has 0 amide bonds. The maximum Gasteiger partial charge on any atom is 0.310 e. The van der Waals surface area contributed by atoms with E-state index in [0.717, 1.165) is 44.9 Å². The summed E-state index contributed by atoms with van der Waals surface area (Å²) in [5.74, 6) is -0.500. The Morgan fingerprint density at radius 2 is 0.824 bits per heavy atom. The summed E-state index contributed by atoms with van der Waals surface area (Å²) in [5.41, 5.74) is 0. The van der Waals surface area contributed by atoms with Crippen LogP contribution in [0.15, 0.2) is 60.8 Å². The molecule has 0 saturated carbocycles. The molecule has 11 unspecified atom stereocenters. The van der Waals surface area contributed by atoms with Crippen LogP contribution in [0.5, 0.6) is 0 Å². The van der Waals surface area contributed by atoms with Gasteiger partial charge in [0.25, 0.3) is 0 Å². The van der Waals surface area contributed by atoms with Gasteiger partial charge >= 0.3 is 5.97 Å². The third kappa shape index (κ3) is 33.1. The van der Waals surface area contributed by atoms with Crippen LogP contribution < -0.4 is 0 Å². The van der Waals surface area contributed by atoms with Gasteiger partial charge in [-0.2, -0.15) is 0 Å². The Labute approximate surface area is 447 Å². The van der Waals surface area contributed by atoms with Crippen molar-refractivity contribution in [2.24, 2.45) is 0 Å². The number of rotatable bonds is 47. The predicted octanol–water partition coefficient (Wildman–Crippen LogP) is 10.5. The quantitative estimate of drug-likeness (QED) is 0.0172. The van der Waals surface area contributed by atoms with E-state index in [0.29, 0.717) is 13.0 Å². The second-order valence-electron chi connectivity index (χ2n) is 20.5. The van der Waals surface area contributed by atoms with Crippen molar-refractivity contribution in [1.82, 2.24) is 0 Å². The number of unbranched alkanes of at least 4 members (excludes halogenated alkanes) is 24. The number of aliphatic hydroxyl groups excluding tert-OH is 7. The number of hydrogen-bond donors (Lipinski definition) is 7. The van der Waals surface area contributed by atoms with Gasteiger partial charge in [0.2, 0.25) is 0 Å². The molecule has 0 aliphatic carbocycles. The highest BCUT2D eigenvalue weighted by Gasteiger charge is 2.47. The molecule has 0 aromatic carbocycles. The van der Waals surface area contributed by atoms with Crippen molar-refractivity contribution >= 4 is 5.97 Å². The molecule has 0 aromatic heterocycles. The molecule has 14 nitrogen and oxygen atoms in total. The molecule has 0 spiro atoms. The topological polar surface area (TPSA) is 214 Å².